The molecule has 0 nitrogen and oxygen atoms in total. The van der Waals surface area contributed by atoms with Gasteiger partial charge in [0.1, 0.15) is 0 Å². The summed E-state index contributed by atoms with van der Waals surface area (Å²) in [4.78, 5) is 0. The molecule has 19 heavy (non-hydrogen) atoms. The Kier molecular flexibility index (Phi) is 8.67. The van der Waals surface area contributed by atoms with Gasteiger partial charge in [-0.1, -0.05) is 61.4 Å². The second-order valence-corrected chi connectivity index (χ2v) is 6.31. The van der Waals surface area contributed by atoms with Crippen molar-refractivity contribution >= 4 is 19.4 Å². The van der Waals surface area contributed by atoms with Gasteiger partial charge in [0, 0.05) is 0 Å². The summed E-state index contributed by atoms with van der Waals surface area (Å²) in [6.07, 6.45) is 17.7. The van der Waals surface area contributed by atoms with Gasteiger partial charge in [0.15, 0.2) is 0 Å². The first kappa shape index (κ1) is 16.3. The summed E-state index contributed by atoms with van der Waals surface area (Å²) in [5.41, 5.74) is 1.48. The third kappa shape index (κ3) is 6.83. The number of hydrogen-bond donors (Lipinski definition) is 0. The van der Waals surface area contributed by atoms with Crippen molar-refractivity contribution in [2.24, 2.45) is 11.8 Å². The van der Waals surface area contributed by atoms with E-state index in [2.05, 4.69) is 62.7 Å². The Hall–Kier alpha value is -0.740. The zero-order valence-corrected chi connectivity index (χ0v) is 13.7. The van der Waals surface area contributed by atoms with Gasteiger partial charge < -0.3 is 0 Å². The summed E-state index contributed by atoms with van der Waals surface area (Å²) in [6.45, 7) is 6.58. The lowest BCUT2D eigenvalue weighted by atomic mass is 9.91. The molecule has 0 bridgehead atoms. The normalized spacial score (nSPS) is 22.3. The predicted molar refractivity (Wildman–Crippen MR) is 93.9 cm³/mol. The van der Waals surface area contributed by atoms with E-state index in [0.29, 0.717) is 5.92 Å². The SMILES string of the molecule is CC=CC(C/C=C\C(=C/CC)CC)CC1C=[PH]=CC1. The fourth-order valence-corrected chi connectivity index (χ4v) is 3.68. The fraction of sp³-hybridized carbons (Fsp3) is 0.556. The van der Waals surface area contributed by atoms with Crippen molar-refractivity contribution in [2.75, 3.05) is 0 Å². The highest BCUT2D eigenvalue weighted by Gasteiger charge is 2.11. The van der Waals surface area contributed by atoms with Crippen molar-refractivity contribution < 1.29 is 0 Å². The lowest BCUT2D eigenvalue weighted by Crippen LogP contribution is -2.06. The third-order valence-electron chi connectivity index (χ3n) is 3.59. The summed E-state index contributed by atoms with van der Waals surface area (Å²) in [5.74, 6) is 6.48. The number of hydrogen-bond acceptors (Lipinski definition) is 0. The maximum absolute atomic E-state index is 2.51. The molecule has 0 spiro atoms. The van der Waals surface area contributed by atoms with Crippen LogP contribution in [0, 0.1) is 11.8 Å². The molecule has 1 rings (SSSR count). The van der Waals surface area contributed by atoms with Crippen molar-refractivity contribution in [2.45, 2.75) is 52.9 Å². The minimum absolute atomic E-state index is 0.707. The molecule has 0 aromatic carbocycles. The van der Waals surface area contributed by atoms with Crippen LogP contribution in [0.1, 0.15) is 52.9 Å². The molecule has 0 aromatic heterocycles. The van der Waals surface area contributed by atoms with E-state index in [-0.39, 0.29) is 0 Å². The standard InChI is InChI=1S/C18H29P/c1-4-8-16(6-3)10-7-11-17(9-5-2)14-18-12-13-19-15-18/h5,7-10,13,15,17-19H,4,6,11-12,14H2,1-3H3/b9-5?,10-7-,16-8-. The molecule has 3 unspecified atom stereocenters. The van der Waals surface area contributed by atoms with Crippen LogP contribution in [0.25, 0.3) is 0 Å². The van der Waals surface area contributed by atoms with Crippen molar-refractivity contribution in [3.05, 3.63) is 36.0 Å². The van der Waals surface area contributed by atoms with Crippen LogP contribution in [0.2, 0.25) is 0 Å². The average molecular weight is 276 g/mol. The second-order valence-electron chi connectivity index (χ2n) is 5.23. The van der Waals surface area contributed by atoms with Crippen LogP contribution >= 0.6 is 7.83 Å². The van der Waals surface area contributed by atoms with Gasteiger partial charge in [-0.25, -0.2) is 0 Å². The molecule has 1 aliphatic heterocycles. The summed E-state index contributed by atoms with van der Waals surface area (Å²) >= 11 is 0. The lowest BCUT2D eigenvalue weighted by Gasteiger charge is -2.14. The summed E-state index contributed by atoms with van der Waals surface area (Å²) in [5, 5.41) is 0. The van der Waals surface area contributed by atoms with E-state index in [1.54, 1.807) is 0 Å². The van der Waals surface area contributed by atoms with Gasteiger partial charge >= 0.3 is 0 Å². The molecule has 1 aliphatic rings. The first-order valence-corrected chi connectivity index (χ1v) is 8.85. The van der Waals surface area contributed by atoms with Crippen molar-refractivity contribution in [1.82, 2.24) is 0 Å². The summed E-state index contributed by atoms with van der Waals surface area (Å²) < 4.78 is 0. The van der Waals surface area contributed by atoms with Gasteiger partial charge in [-0.3, -0.25) is 0 Å². The van der Waals surface area contributed by atoms with Crippen LogP contribution in [0.15, 0.2) is 36.0 Å². The monoisotopic (exact) mass is 276 g/mol. The molecule has 0 fully saturated rings. The molecule has 1 heterocycles. The molecule has 0 saturated carbocycles. The Bertz CT molecular complexity index is 392. The van der Waals surface area contributed by atoms with Crippen LogP contribution in [0.5, 0.6) is 0 Å². The minimum Gasteiger partial charge on any atom is -0.148 e. The molecule has 1 heteroatoms. The van der Waals surface area contributed by atoms with E-state index in [0.717, 1.165) is 26.6 Å². The van der Waals surface area contributed by atoms with Crippen LogP contribution in [0.4, 0.5) is 0 Å². The van der Waals surface area contributed by atoms with E-state index in [4.69, 9.17) is 0 Å². The smallest absolute Gasteiger partial charge is 0.0152 e. The first-order valence-electron chi connectivity index (χ1n) is 7.69. The van der Waals surface area contributed by atoms with Gasteiger partial charge in [-0.15, -0.1) is 7.83 Å². The Balaban J connectivity index is 2.46. The molecule has 0 radical (unpaired) electrons. The predicted octanol–water partition coefficient (Wildman–Crippen LogP) is 5.56. The highest BCUT2D eigenvalue weighted by molar-refractivity contribution is 7.39. The molecule has 0 amide bonds. The zero-order chi connectivity index (χ0) is 13.9. The zero-order valence-electron chi connectivity index (χ0n) is 12.7. The van der Waals surface area contributed by atoms with Crippen molar-refractivity contribution in [3.63, 3.8) is 0 Å². The van der Waals surface area contributed by atoms with E-state index < -0.39 is 0 Å². The summed E-state index contributed by atoms with van der Waals surface area (Å²) in [7, 11) is 0.987. The van der Waals surface area contributed by atoms with Crippen molar-refractivity contribution in [1.29, 1.82) is 0 Å². The van der Waals surface area contributed by atoms with Crippen molar-refractivity contribution in [3.8, 4) is 0 Å². The van der Waals surface area contributed by atoms with Gasteiger partial charge in [-0.05, 0) is 50.9 Å². The molecule has 106 valence electrons. The molecular formula is C18H29P. The largest absolute Gasteiger partial charge is 0.148 e. The number of allylic oxidation sites excluding steroid dienone is 6. The van der Waals surface area contributed by atoms with Crippen LogP contribution in [-0.4, -0.2) is 11.6 Å². The Morgan fingerprint density at radius 2 is 2.26 bits per heavy atom. The Labute approximate surface area is 120 Å². The molecule has 0 saturated heterocycles. The third-order valence-corrected chi connectivity index (χ3v) is 4.72. The van der Waals surface area contributed by atoms with E-state index in [1.165, 1.54) is 24.8 Å². The Morgan fingerprint density at radius 3 is 2.84 bits per heavy atom. The maximum Gasteiger partial charge on any atom is -0.0152 e. The molecule has 0 N–H and O–H groups in total. The van der Waals surface area contributed by atoms with Gasteiger partial charge in [0.2, 0.25) is 0 Å². The molecule has 0 aliphatic carbocycles. The molecule has 0 aromatic rings. The Morgan fingerprint density at radius 1 is 1.42 bits per heavy atom. The van der Waals surface area contributed by atoms with Crippen LogP contribution in [0.3, 0.4) is 0 Å². The highest BCUT2D eigenvalue weighted by atomic mass is 31.0. The average Bonchev–Trinajstić information content (AvgIpc) is 2.90. The highest BCUT2D eigenvalue weighted by Crippen LogP contribution is 2.22. The topological polar surface area (TPSA) is 0 Å². The molecule has 3 atom stereocenters. The van der Waals surface area contributed by atoms with Crippen LogP contribution < -0.4 is 0 Å². The first-order chi connectivity index (χ1) is 9.30. The van der Waals surface area contributed by atoms with Gasteiger partial charge in [0.25, 0.3) is 0 Å². The van der Waals surface area contributed by atoms with E-state index in [1.807, 2.05) is 0 Å². The van der Waals surface area contributed by atoms with Gasteiger partial charge in [-0.2, -0.15) is 0 Å². The van der Waals surface area contributed by atoms with Gasteiger partial charge in [0.05, 0.1) is 0 Å². The fourth-order valence-electron chi connectivity index (χ4n) is 2.56. The molecular weight excluding hydrogens is 247 g/mol. The number of rotatable bonds is 8. The van der Waals surface area contributed by atoms with Crippen LogP contribution in [-0.2, 0) is 0 Å². The summed E-state index contributed by atoms with van der Waals surface area (Å²) in [6, 6.07) is 0. The minimum atomic E-state index is 0.707. The quantitative estimate of drug-likeness (QED) is 0.309. The van der Waals surface area contributed by atoms with E-state index in [9.17, 15) is 0 Å². The maximum atomic E-state index is 2.51. The van der Waals surface area contributed by atoms with E-state index >= 15 is 0 Å². The second kappa shape index (κ2) is 10.1. The lowest BCUT2D eigenvalue weighted by molar-refractivity contribution is 0.528.